The Hall–Kier alpha value is -1.72. The van der Waals surface area contributed by atoms with Crippen LogP contribution in [0.3, 0.4) is 0 Å². The van der Waals surface area contributed by atoms with Crippen molar-refractivity contribution in [2.45, 2.75) is 65.5 Å². The van der Waals surface area contributed by atoms with E-state index in [-0.39, 0.29) is 11.9 Å². The largest absolute Gasteiger partial charge is 0.383 e. The molecule has 1 atom stereocenters. The fraction of sp³-hybridized carbons (Fsp3) is 0.714. The van der Waals surface area contributed by atoms with E-state index >= 15 is 0 Å². The minimum atomic E-state index is -0.435. The predicted molar refractivity (Wildman–Crippen MR) is 83.3 cm³/mol. The monoisotopic (exact) mass is 282 g/mol. The molecule has 20 heavy (non-hydrogen) atoms. The second-order valence-corrected chi connectivity index (χ2v) is 5.06. The van der Waals surface area contributed by atoms with Crippen molar-refractivity contribution in [2.24, 2.45) is 0 Å². The molecule has 1 unspecified atom stereocenters. The number of aromatic amines is 1. The van der Waals surface area contributed by atoms with Gasteiger partial charge in [0.25, 0.3) is 5.56 Å². The summed E-state index contributed by atoms with van der Waals surface area (Å²) in [4.78, 5) is 26.1. The Labute approximate surface area is 119 Å². The SMILES string of the molecule is CCCCn1c(N)c(NC(CC)CCC)c(=O)[nH]c1=O. The maximum Gasteiger partial charge on any atom is 0.330 e. The fourth-order valence-corrected chi connectivity index (χ4v) is 2.20. The summed E-state index contributed by atoms with van der Waals surface area (Å²) in [7, 11) is 0. The average molecular weight is 282 g/mol. The van der Waals surface area contributed by atoms with Crippen LogP contribution in [0.2, 0.25) is 0 Å². The zero-order valence-corrected chi connectivity index (χ0v) is 12.7. The number of unbranched alkanes of at least 4 members (excludes halogenated alkanes) is 1. The van der Waals surface area contributed by atoms with Gasteiger partial charge in [0.2, 0.25) is 0 Å². The lowest BCUT2D eigenvalue weighted by Gasteiger charge is -2.19. The van der Waals surface area contributed by atoms with Gasteiger partial charge in [0.15, 0.2) is 0 Å². The third kappa shape index (κ3) is 3.88. The van der Waals surface area contributed by atoms with E-state index < -0.39 is 11.2 Å². The first-order valence-electron chi connectivity index (χ1n) is 7.44. The van der Waals surface area contributed by atoms with Gasteiger partial charge in [-0.25, -0.2) is 4.79 Å². The van der Waals surface area contributed by atoms with Crippen LogP contribution >= 0.6 is 0 Å². The van der Waals surface area contributed by atoms with E-state index in [4.69, 9.17) is 5.73 Å². The van der Waals surface area contributed by atoms with Gasteiger partial charge in [0.05, 0.1) is 0 Å². The Morgan fingerprint density at radius 1 is 1.25 bits per heavy atom. The van der Waals surface area contributed by atoms with E-state index in [0.29, 0.717) is 12.2 Å². The van der Waals surface area contributed by atoms with Gasteiger partial charge in [-0.15, -0.1) is 0 Å². The lowest BCUT2D eigenvalue weighted by Crippen LogP contribution is -2.35. The van der Waals surface area contributed by atoms with Crippen LogP contribution in [0.15, 0.2) is 9.59 Å². The zero-order valence-electron chi connectivity index (χ0n) is 12.7. The van der Waals surface area contributed by atoms with Crippen LogP contribution in [-0.4, -0.2) is 15.6 Å². The molecule has 0 aliphatic heterocycles. The van der Waals surface area contributed by atoms with E-state index in [0.717, 1.165) is 32.1 Å². The zero-order chi connectivity index (χ0) is 15.1. The molecular formula is C14H26N4O2. The van der Waals surface area contributed by atoms with Crippen LogP contribution in [0.1, 0.15) is 52.9 Å². The maximum absolute atomic E-state index is 11.9. The molecule has 0 aliphatic carbocycles. The highest BCUT2D eigenvalue weighted by Crippen LogP contribution is 2.15. The van der Waals surface area contributed by atoms with Gasteiger partial charge in [0, 0.05) is 12.6 Å². The highest BCUT2D eigenvalue weighted by atomic mass is 16.2. The first kappa shape index (κ1) is 16.3. The number of aromatic nitrogens is 2. The van der Waals surface area contributed by atoms with E-state index in [1.165, 1.54) is 4.57 Å². The first-order valence-corrected chi connectivity index (χ1v) is 7.44. The molecule has 0 amide bonds. The molecule has 1 heterocycles. The van der Waals surface area contributed by atoms with Gasteiger partial charge in [0.1, 0.15) is 11.5 Å². The van der Waals surface area contributed by atoms with Crippen LogP contribution in [0, 0.1) is 0 Å². The normalized spacial score (nSPS) is 12.3. The molecule has 0 saturated heterocycles. The van der Waals surface area contributed by atoms with E-state index in [2.05, 4.69) is 24.1 Å². The molecule has 0 aliphatic rings. The molecule has 0 spiro atoms. The number of hydrogen-bond acceptors (Lipinski definition) is 4. The molecule has 0 bridgehead atoms. The number of nitrogens with zero attached hydrogens (tertiary/aromatic N) is 1. The van der Waals surface area contributed by atoms with Crippen LogP contribution in [0.4, 0.5) is 11.5 Å². The van der Waals surface area contributed by atoms with Gasteiger partial charge >= 0.3 is 5.69 Å². The second-order valence-electron chi connectivity index (χ2n) is 5.06. The molecule has 6 nitrogen and oxygen atoms in total. The standard InChI is InChI=1S/C14H26N4O2/c1-4-7-9-18-12(15)11(13(19)17-14(18)20)16-10(6-3)8-5-2/h10,16H,4-9,15H2,1-3H3,(H,17,19,20). The third-order valence-electron chi connectivity index (χ3n) is 3.45. The summed E-state index contributed by atoms with van der Waals surface area (Å²) < 4.78 is 1.44. The van der Waals surface area contributed by atoms with E-state index in [9.17, 15) is 9.59 Å². The lowest BCUT2D eigenvalue weighted by atomic mass is 10.1. The minimum Gasteiger partial charge on any atom is -0.383 e. The van der Waals surface area contributed by atoms with Crippen molar-refractivity contribution in [2.75, 3.05) is 11.1 Å². The third-order valence-corrected chi connectivity index (χ3v) is 3.45. The topological polar surface area (TPSA) is 92.9 Å². The van der Waals surface area contributed by atoms with Crippen molar-refractivity contribution in [3.05, 3.63) is 20.8 Å². The van der Waals surface area contributed by atoms with Crippen molar-refractivity contribution in [1.82, 2.24) is 9.55 Å². The summed E-state index contributed by atoms with van der Waals surface area (Å²) in [6, 6.07) is 0.195. The summed E-state index contributed by atoms with van der Waals surface area (Å²) in [5, 5.41) is 3.18. The molecule has 1 aromatic rings. The Morgan fingerprint density at radius 2 is 1.95 bits per heavy atom. The highest BCUT2D eigenvalue weighted by molar-refractivity contribution is 5.60. The van der Waals surface area contributed by atoms with E-state index in [1.807, 2.05) is 6.92 Å². The van der Waals surface area contributed by atoms with Gasteiger partial charge in [-0.3, -0.25) is 14.3 Å². The Balaban J connectivity index is 3.12. The Morgan fingerprint density at radius 3 is 2.50 bits per heavy atom. The fourth-order valence-electron chi connectivity index (χ4n) is 2.20. The molecular weight excluding hydrogens is 256 g/mol. The van der Waals surface area contributed by atoms with Crippen molar-refractivity contribution in [1.29, 1.82) is 0 Å². The van der Waals surface area contributed by atoms with Crippen molar-refractivity contribution >= 4 is 11.5 Å². The Bertz CT molecular complexity index is 533. The van der Waals surface area contributed by atoms with Gasteiger partial charge in [-0.2, -0.15) is 0 Å². The maximum atomic E-state index is 11.9. The molecule has 114 valence electrons. The molecule has 1 aromatic heterocycles. The van der Waals surface area contributed by atoms with Gasteiger partial charge < -0.3 is 11.1 Å². The van der Waals surface area contributed by atoms with Gasteiger partial charge in [-0.05, 0) is 19.3 Å². The second kappa shape index (κ2) is 7.77. The quantitative estimate of drug-likeness (QED) is 0.679. The molecule has 1 rings (SSSR count). The number of nitrogens with two attached hydrogens (primary N) is 1. The van der Waals surface area contributed by atoms with Crippen molar-refractivity contribution < 1.29 is 0 Å². The molecule has 0 radical (unpaired) electrons. The summed E-state index contributed by atoms with van der Waals surface area (Å²) in [6.07, 6.45) is 4.70. The minimum absolute atomic E-state index is 0.195. The van der Waals surface area contributed by atoms with Crippen LogP contribution in [0.5, 0.6) is 0 Å². The van der Waals surface area contributed by atoms with Crippen molar-refractivity contribution in [3.63, 3.8) is 0 Å². The average Bonchev–Trinajstić information content (AvgIpc) is 2.42. The smallest absolute Gasteiger partial charge is 0.330 e. The molecule has 4 N–H and O–H groups in total. The number of nitrogen functional groups attached to an aromatic ring is 1. The first-order chi connectivity index (χ1) is 9.54. The lowest BCUT2D eigenvalue weighted by molar-refractivity contribution is 0.597. The number of anilines is 2. The number of hydrogen-bond donors (Lipinski definition) is 3. The summed E-state index contributed by atoms with van der Waals surface area (Å²) in [5.41, 5.74) is 5.46. The number of H-pyrrole nitrogens is 1. The molecule has 0 aromatic carbocycles. The highest BCUT2D eigenvalue weighted by Gasteiger charge is 2.15. The van der Waals surface area contributed by atoms with Gasteiger partial charge in [-0.1, -0.05) is 33.6 Å². The van der Waals surface area contributed by atoms with Crippen molar-refractivity contribution in [3.8, 4) is 0 Å². The molecule has 6 heteroatoms. The predicted octanol–water partition coefficient (Wildman–Crippen LogP) is 1.91. The van der Waals surface area contributed by atoms with Crippen LogP contribution < -0.4 is 22.3 Å². The summed E-state index contributed by atoms with van der Waals surface area (Å²) in [5.74, 6) is 0.238. The van der Waals surface area contributed by atoms with Crippen LogP contribution in [-0.2, 0) is 6.54 Å². The van der Waals surface area contributed by atoms with Crippen LogP contribution in [0.25, 0.3) is 0 Å². The summed E-state index contributed by atoms with van der Waals surface area (Å²) >= 11 is 0. The number of rotatable bonds is 8. The molecule has 0 saturated carbocycles. The number of nitrogens with one attached hydrogen (secondary N) is 2. The summed E-state index contributed by atoms with van der Waals surface area (Å²) in [6.45, 7) is 6.72. The van der Waals surface area contributed by atoms with E-state index in [1.54, 1.807) is 0 Å². The molecule has 0 fully saturated rings. The Kier molecular flexibility index (Phi) is 6.35.